The highest BCUT2D eigenvalue weighted by Crippen LogP contribution is 2.39. The van der Waals surface area contributed by atoms with Crippen LogP contribution in [0, 0.1) is 11.7 Å². The van der Waals surface area contributed by atoms with Gasteiger partial charge in [-0.3, -0.25) is 15.3 Å². The zero-order valence-electron chi connectivity index (χ0n) is 25.0. The summed E-state index contributed by atoms with van der Waals surface area (Å²) in [5.41, 5.74) is 11.0. The highest BCUT2D eigenvalue weighted by atomic mass is 19.1. The molecule has 0 radical (unpaired) electrons. The molecule has 13 heteroatoms. The molecule has 4 N–H and O–H groups in total. The van der Waals surface area contributed by atoms with Crippen molar-refractivity contribution in [2.45, 2.75) is 70.4 Å². The molecule has 0 spiro atoms. The quantitative estimate of drug-likeness (QED) is 0.429. The number of aliphatic hydroxyl groups is 1. The highest BCUT2D eigenvalue weighted by Gasteiger charge is 2.40. The first-order chi connectivity index (χ1) is 20.4. The normalized spacial score (nSPS) is 25.3. The van der Waals surface area contributed by atoms with Crippen LogP contribution in [0.15, 0.2) is 51.4 Å². The standard InChI is InChI=1S/C30H38FN7O5/c1-16-26-24(36-28(32)33-16)13-23(20-10-9-17(31)11-21(20)22-7-6-8-25(34-22)41-5)35-27(26)37-42-15-18-12-19(39)14-38(18)29(40)43-30(2,3)4/h6-11,18-19,23-24,26,39H,12-15H2,1-5H3,(H2,32,36)(H,35,37)/t18-,19+,23?,24+,26?/m0/s1. The maximum Gasteiger partial charge on any atom is 0.410 e. The Bertz CT molecular complexity index is 1460. The highest BCUT2D eigenvalue weighted by molar-refractivity contribution is 6.11. The van der Waals surface area contributed by atoms with Crippen molar-refractivity contribution >= 4 is 23.6 Å². The fourth-order valence-corrected chi connectivity index (χ4v) is 5.71. The fraction of sp³-hybridized carbons (Fsp3) is 0.500. The average molecular weight is 596 g/mol. The van der Waals surface area contributed by atoms with Gasteiger partial charge in [-0.15, -0.1) is 0 Å². The minimum absolute atomic E-state index is 0.0779. The van der Waals surface area contributed by atoms with Crippen LogP contribution >= 0.6 is 0 Å². The number of amidine groups is 1. The summed E-state index contributed by atoms with van der Waals surface area (Å²) in [4.78, 5) is 38.7. The lowest BCUT2D eigenvalue weighted by Crippen LogP contribution is -2.48. The lowest BCUT2D eigenvalue weighted by atomic mass is 9.82. The number of nitrogens with two attached hydrogens (primary N) is 1. The smallest absolute Gasteiger partial charge is 0.410 e. The molecule has 4 heterocycles. The van der Waals surface area contributed by atoms with Crippen LogP contribution in [0.2, 0.25) is 0 Å². The molecule has 1 amide bonds. The summed E-state index contributed by atoms with van der Waals surface area (Å²) in [5.74, 6) is 0.346. The summed E-state index contributed by atoms with van der Waals surface area (Å²) >= 11 is 0. The monoisotopic (exact) mass is 595 g/mol. The number of hydroxylamine groups is 1. The fourth-order valence-electron chi connectivity index (χ4n) is 5.71. The number of likely N-dealkylation sites (tertiary alicyclic amines) is 1. The van der Waals surface area contributed by atoms with Crippen molar-refractivity contribution in [2.75, 3.05) is 20.3 Å². The number of carbonyl (C=O) groups excluding carboxylic acids is 1. The zero-order chi connectivity index (χ0) is 30.9. The summed E-state index contributed by atoms with van der Waals surface area (Å²) in [7, 11) is 1.52. The third kappa shape index (κ3) is 6.94. The number of nitrogens with zero attached hydrogens (tertiary/aromatic N) is 5. The molecular formula is C30H38FN7O5. The Morgan fingerprint density at radius 2 is 2.00 bits per heavy atom. The van der Waals surface area contributed by atoms with Gasteiger partial charge in [-0.25, -0.2) is 24.2 Å². The predicted octanol–water partition coefficient (Wildman–Crippen LogP) is 3.41. The van der Waals surface area contributed by atoms with E-state index in [9.17, 15) is 14.3 Å². The molecule has 3 aliphatic rings. The number of halogens is 1. The van der Waals surface area contributed by atoms with E-state index in [4.69, 9.17) is 25.0 Å². The average Bonchev–Trinajstić information content (AvgIpc) is 3.32. The van der Waals surface area contributed by atoms with E-state index in [1.165, 1.54) is 24.1 Å². The topological polar surface area (TPSA) is 156 Å². The molecule has 0 aliphatic carbocycles. The van der Waals surface area contributed by atoms with Crippen LogP contribution in [0.5, 0.6) is 5.88 Å². The summed E-state index contributed by atoms with van der Waals surface area (Å²) in [6.07, 6.45) is -0.361. The second-order valence-corrected chi connectivity index (χ2v) is 11.9. The van der Waals surface area contributed by atoms with E-state index < -0.39 is 35.7 Å². The van der Waals surface area contributed by atoms with Gasteiger partial charge in [0.1, 0.15) is 17.3 Å². The van der Waals surface area contributed by atoms with Crippen LogP contribution in [0.1, 0.15) is 52.1 Å². The number of pyridine rings is 1. The van der Waals surface area contributed by atoms with Gasteiger partial charge < -0.3 is 25.2 Å². The Morgan fingerprint density at radius 1 is 1.21 bits per heavy atom. The van der Waals surface area contributed by atoms with Crippen LogP contribution in [-0.4, -0.2) is 82.6 Å². The Labute approximate surface area is 249 Å². The number of aliphatic hydroxyl groups excluding tert-OH is 1. The van der Waals surface area contributed by atoms with Crippen molar-refractivity contribution in [3.05, 3.63) is 47.8 Å². The van der Waals surface area contributed by atoms with E-state index in [1.807, 2.05) is 6.92 Å². The van der Waals surface area contributed by atoms with Gasteiger partial charge in [0.25, 0.3) is 0 Å². The van der Waals surface area contributed by atoms with Crippen molar-refractivity contribution in [3.63, 3.8) is 0 Å². The number of hydrogen-bond acceptors (Lipinski definition) is 11. The summed E-state index contributed by atoms with van der Waals surface area (Å²) in [5, 5.41) is 10.3. The van der Waals surface area contributed by atoms with Crippen molar-refractivity contribution in [1.29, 1.82) is 0 Å². The molecule has 230 valence electrons. The minimum atomic E-state index is -0.686. The van der Waals surface area contributed by atoms with Crippen LogP contribution in [-0.2, 0) is 9.57 Å². The van der Waals surface area contributed by atoms with E-state index in [0.717, 1.165) is 11.3 Å². The first-order valence-electron chi connectivity index (χ1n) is 14.2. The molecule has 1 fully saturated rings. The Balaban J connectivity index is 1.42. The third-order valence-corrected chi connectivity index (χ3v) is 7.53. The maximum atomic E-state index is 14.5. The number of guanidine groups is 1. The van der Waals surface area contributed by atoms with Gasteiger partial charge in [-0.1, -0.05) is 12.1 Å². The van der Waals surface area contributed by atoms with E-state index in [1.54, 1.807) is 45.0 Å². The number of amides is 1. The first kappa shape index (κ1) is 30.4. The molecule has 3 aliphatic heterocycles. The predicted molar refractivity (Wildman–Crippen MR) is 159 cm³/mol. The van der Waals surface area contributed by atoms with Crippen molar-refractivity contribution in [2.24, 2.45) is 26.6 Å². The molecule has 0 bridgehead atoms. The maximum absolute atomic E-state index is 14.5. The molecule has 43 heavy (non-hydrogen) atoms. The number of aromatic nitrogens is 1. The SMILES string of the molecule is COc1cccc(-c2cc(F)ccc2C2C[C@H]3N=C(N)N=C(C)C3C(NOC[C@@H]3C[C@@H](O)CN3C(=O)OC(C)(C)C)=N2)n1. The largest absolute Gasteiger partial charge is 0.481 e. The minimum Gasteiger partial charge on any atom is -0.481 e. The van der Waals surface area contributed by atoms with Gasteiger partial charge in [0.2, 0.25) is 11.8 Å². The lowest BCUT2D eigenvalue weighted by Gasteiger charge is -2.36. The van der Waals surface area contributed by atoms with Gasteiger partial charge in [-0.2, -0.15) is 0 Å². The molecular weight excluding hydrogens is 557 g/mol. The van der Waals surface area contributed by atoms with Gasteiger partial charge in [0.05, 0.1) is 56.1 Å². The summed E-state index contributed by atoms with van der Waals surface area (Å²) < 4.78 is 25.3. The molecule has 0 saturated carbocycles. The third-order valence-electron chi connectivity index (χ3n) is 7.53. The first-order valence-corrected chi connectivity index (χ1v) is 14.2. The van der Waals surface area contributed by atoms with E-state index in [0.29, 0.717) is 35.8 Å². The second kappa shape index (κ2) is 12.3. The zero-order valence-corrected chi connectivity index (χ0v) is 25.0. The number of benzene rings is 1. The van der Waals surface area contributed by atoms with Crippen LogP contribution in [0.25, 0.3) is 11.3 Å². The number of nitrogens with one attached hydrogen (secondary N) is 1. The van der Waals surface area contributed by atoms with Crippen LogP contribution in [0.3, 0.4) is 0 Å². The Morgan fingerprint density at radius 3 is 2.74 bits per heavy atom. The molecule has 1 aromatic carbocycles. The second-order valence-electron chi connectivity index (χ2n) is 11.9. The van der Waals surface area contributed by atoms with Gasteiger partial charge >= 0.3 is 6.09 Å². The van der Waals surface area contributed by atoms with Crippen molar-refractivity contribution in [3.8, 4) is 17.1 Å². The Kier molecular flexibility index (Phi) is 8.65. The number of fused-ring (bicyclic) bond motifs is 1. The number of β-amino-alcohol motifs (C(OH)–C–C–N with tert-alkyl or cyclic N) is 1. The number of rotatable bonds is 6. The molecule has 5 rings (SSSR count). The summed E-state index contributed by atoms with van der Waals surface area (Å²) in [6, 6.07) is 8.69. The number of aliphatic imine (C=N–C) groups is 3. The number of ether oxygens (including phenoxy) is 2. The van der Waals surface area contributed by atoms with E-state index in [2.05, 4.69) is 20.4 Å². The molecule has 5 atom stereocenters. The molecule has 2 aromatic rings. The van der Waals surface area contributed by atoms with E-state index >= 15 is 0 Å². The van der Waals surface area contributed by atoms with Crippen LogP contribution in [0.4, 0.5) is 9.18 Å². The summed E-state index contributed by atoms with van der Waals surface area (Å²) in [6.45, 7) is 7.46. The van der Waals surface area contributed by atoms with Gasteiger partial charge in [-0.05, 0) is 64.3 Å². The molecule has 2 unspecified atom stereocenters. The van der Waals surface area contributed by atoms with Gasteiger partial charge in [0, 0.05) is 17.3 Å². The molecule has 1 aromatic heterocycles. The number of carbonyl (C=O) groups is 1. The lowest BCUT2D eigenvalue weighted by molar-refractivity contribution is 0.00153. The van der Waals surface area contributed by atoms with Gasteiger partial charge in [0.15, 0.2) is 0 Å². The molecule has 1 saturated heterocycles. The number of hydrogen-bond donors (Lipinski definition) is 3. The Hall–Kier alpha value is -4.10. The van der Waals surface area contributed by atoms with E-state index in [-0.39, 0.29) is 31.1 Å². The molecule has 12 nitrogen and oxygen atoms in total. The van der Waals surface area contributed by atoms with Crippen LogP contribution < -0.4 is 16.0 Å². The van der Waals surface area contributed by atoms with Crippen molar-refractivity contribution < 1.29 is 28.6 Å². The van der Waals surface area contributed by atoms with Crippen molar-refractivity contribution in [1.82, 2.24) is 15.4 Å². The number of methoxy groups -OCH3 is 1.